The Morgan fingerprint density at radius 2 is 0.885 bits per heavy atom. The van der Waals surface area contributed by atoms with Crippen LogP contribution in [0.5, 0.6) is 0 Å². The number of benzene rings is 1. The van der Waals surface area contributed by atoms with Gasteiger partial charge in [0.15, 0.2) is 0 Å². The highest BCUT2D eigenvalue weighted by Crippen LogP contribution is 2.67. The summed E-state index contributed by atoms with van der Waals surface area (Å²) in [5.74, 6) is 0. The summed E-state index contributed by atoms with van der Waals surface area (Å²) >= 11 is 6.78. The largest absolute Gasteiger partial charge is 0.0907 e. The minimum atomic E-state index is -1.94. The maximum atomic E-state index is 6.78. The van der Waals surface area contributed by atoms with Crippen molar-refractivity contribution in [2.24, 2.45) is 0 Å². The highest BCUT2D eigenvalue weighted by Gasteiger charge is 2.45. The van der Waals surface area contributed by atoms with E-state index < -0.39 is 6.04 Å². The Bertz CT molecular complexity index is 834. The second-order valence-electron chi connectivity index (χ2n) is 8.08. The molecular formula is C24H31PS. The van der Waals surface area contributed by atoms with Crippen molar-refractivity contribution in [3.05, 3.63) is 74.9 Å². The van der Waals surface area contributed by atoms with Crippen LogP contribution in [0.25, 0.3) is 0 Å². The second-order valence-corrected chi connectivity index (χ2v) is 12.9. The van der Waals surface area contributed by atoms with Crippen LogP contribution in [0.2, 0.25) is 0 Å². The zero-order valence-electron chi connectivity index (χ0n) is 17.4. The maximum Gasteiger partial charge on any atom is 0.0352 e. The van der Waals surface area contributed by atoms with E-state index in [1.54, 1.807) is 0 Å². The molecule has 0 unspecified atom stereocenters. The fourth-order valence-corrected chi connectivity index (χ4v) is 11.8. The standard InChI is InChI=1S/C24H31PS/c1-14-15(2)19(6)23(18(14)5)25(26,22-12-10-9-11-13-22)24-20(7)16(3)17(4)21(24)8/h9-13,23-24H,1-8H3. The summed E-state index contributed by atoms with van der Waals surface area (Å²) in [5, 5.41) is 1.38. The van der Waals surface area contributed by atoms with E-state index >= 15 is 0 Å². The first-order valence-electron chi connectivity index (χ1n) is 9.49. The highest BCUT2D eigenvalue weighted by atomic mass is 32.4. The summed E-state index contributed by atoms with van der Waals surface area (Å²) in [6.45, 7) is 18.4. The Hall–Kier alpha value is -1.17. The molecular weight excluding hydrogens is 351 g/mol. The third-order valence-corrected chi connectivity index (χ3v) is 13.1. The molecule has 0 aliphatic heterocycles. The Balaban J connectivity index is 2.34. The highest BCUT2D eigenvalue weighted by molar-refractivity contribution is 8.19. The Labute approximate surface area is 164 Å². The van der Waals surface area contributed by atoms with Crippen LogP contribution < -0.4 is 5.30 Å². The zero-order chi connectivity index (χ0) is 19.4. The van der Waals surface area contributed by atoms with E-state index in [4.69, 9.17) is 11.8 Å². The zero-order valence-corrected chi connectivity index (χ0v) is 19.1. The van der Waals surface area contributed by atoms with Crippen molar-refractivity contribution in [3.63, 3.8) is 0 Å². The van der Waals surface area contributed by atoms with Crippen molar-refractivity contribution >= 4 is 23.1 Å². The van der Waals surface area contributed by atoms with E-state index in [0.29, 0.717) is 11.3 Å². The summed E-state index contributed by atoms with van der Waals surface area (Å²) < 4.78 is 0. The number of allylic oxidation sites excluding steroid dienone is 8. The van der Waals surface area contributed by atoms with Crippen molar-refractivity contribution in [2.45, 2.75) is 66.7 Å². The molecule has 3 rings (SSSR count). The van der Waals surface area contributed by atoms with Gasteiger partial charge in [-0.25, -0.2) is 0 Å². The van der Waals surface area contributed by atoms with Crippen LogP contribution in [-0.2, 0) is 11.8 Å². The lowest BCUT2D eigenvalue weighted by Crippen LogP contribution is -2.28. The van der Waals surface area contributed by atoms with Gasteiger partial charge in [-0.15, -0.1) is 0 Å². The van der Waals surface area contributed by atoms with Crippen LogP contribution in [0, 0.1) is 0 Å². The monoisotopic (exact) mass is 382 g/mol. The first kappa shape index (κ1) is 19.6. The molecule has 0 fully saturated rings. The number of rotatable bonds is 3. The molecule has 0 saturated heterocycles. The van der Waals surface area contributed by atoms with Crippen LogP contribution in [0.15, 0.2) is 74.9 Å². The van der Waals surface area contributed by atoms with Crippen molar-refractivity contribution in [3.8, 4) is 0 Å². The molecule has 0 bridgehead atoms. The van der Waals surface area contributed by atoms with Gasteiger partial charge in [0, 0.05) is 17.4 Å². The van der Waals surface area contributed by atoms with Crippen molar-refractivity contribution in [2.75, 3.05) is 0 Å². The predicted molar refractivity (Wildman–Crippen MR) is 121 cm³/mol. The maximum absolute atomic E-state index is 6.78. The molecule has 138 valence electrons. The SMILES string of the molecule is CC1=C(C)C(P(=S)(c2ccccc2)C2C(C)=C(C)C(C)=C2C)C(C)=C1C. The minimum Gasteiger partial charge on any atom is -0.0907 e. The molecule has 0 spiro atoms. The summed E-state index contributed by atoms with van der Waals surface area (Å²) in [6.07, 6.45) is 0. The summed E-state index contributed by atoms with van der Waals surface area (Å²) in [4.78, 5) is 0. The van der Waals surface area contributed by atoms with Crippen LogP contribution >= 0.6 is 6.04 Å². The topological polar surface area (TPSA) is 0 Å². The van der Waals surface area contributed by atoms with Crippen LogP contribution in [0.3, 0.4) is 0 Å². The van der Waals surface area contributed by atoms with Gasteiger partial charge < -0.3 is 0 Å². The molecule has 0 heterocycles. The third-order valence-electron chi connectivity index (χ3n) is 7.06. The molecule has 2 aliphatic rings. The van der Waals surface area contributed by atoms with Gasteiger partial charge >= 0.3 is 0 Å². The molecule has 2 aliphatic carbocycles. The van der Waals surface area contributed by atoms with Gasteiger partial charge in [0.2, 0.25) is 0 Å². The second kappa shape index (κ2) is 6.77. The Morgan fingerprint density at radius 1 is 0.577 bits per heavy atom. The minimum absolute atomic E-state index is 0.383. The first-order valence-corrected chi connectivity index (χ1v) is 12.4. The normalized spacial score (nSPS) is 20.3. The Morgan fingerprint density at radius 3 is 1.19 bits per heavy atom. The molecule has 26 heavy (non-hydrogen) atoms. The van der Waals surface area contributed by atoms with Crippen LogP contribution in [0.4, 0.5) is 0 Å². The van der Waals surface area contributed by atoms with Crippen molar-refractivity contribution in [1.82, 2.24) is 0 Å². The molecule has 0 nitrogen and oxygen atoms in total. The van der Waals surface area contributed by atoms with Gasteiger partial charge in [-0.1, -0.05) is 64.4 Å². The average Bonchev–Trinajstić information content (AvgIpc) is 2.95. The summed E-state index contributed by atoms with van der Waals surface area (Å²) in [7, 11) is 0. The van der Waals surface area contributed by atoms with E-state index in [9.17, 15) is 0 Å². The molecule has 0 amide bonds. The molecule has 2 heteroatoms. The van der Waals surface area contributed by atoms with Gasteiger partial charge in [-0.2, -0.15) is 0 Å². The van der Waals surface area contributed by atoms with Gasteiger partial charge in [-0.05, 0) is 83.0 Å². The smallest absolute Gasteiger partial charge is 0.0352 e. The lowest BCUT2D eigenvalue weighted by Gasteiger charge is -2.38. The van der Waals surface area contributed by atoms with Gasteiger partial charge in [0.25, 0.3) is 0 Å². The molecule has 0 aromatic heterocycles. The van der Waals surface area contributed by atoms with E-state index in [1.807, 2.05) is 0 Å². The fourth-order valence-electron chi connectivity index (χ4n) is 4.91. The molecule has 0 atom stereocenters. The number of hydrogen-bond donors (Lipinski definition) is 0. The van der Waals surface area contributed by atoms with E-state index in [0.717, 1.165) is 0 Å². The van der Waals surface area contributed by atoms with Crippen molar-refractivity contribution < 1.29 is 0 Å². The third kappa shape index (κ3) is 2.59. The predicted octanol–water partition coefficient (Wildman–Crippen LogP) is 6.90. The first-order chi connectivity index (χ1) is 12.1. The summed E-state index contributed by atoms with van der Waals surface area (Å²) in [5.41, 5.74) is 12.6. The Kier molecular flexibility index (Phi) is 5.10. The quantitative estimate of drug-likeness (QED) is 0.512. The van der Waals surface area contributed by atoms with Crippen molar-refractivity contribution in [1.29, 1.82) is 0 Å². The molecule has 0 radical (unpaired) electrons. The summed E-state index contributed by atoms with van der Waals surface area (Å²) in [6, 6.07) is 9.06. The average molecular weight is 383 g/mol. The van der Waals surface area contributed by atoms with Gasteiger partial charge in [-0.3, -0.25) is 0 Å². The fraction of sp³-hybridized carbons (Fsp3) is 0.417. The van der Waals surface area contributed by atoms with Crippen LogP contribution in [-0.4, -0.2) is 11.3 Å². The number of hydrogen-bond acceptors (Lipinski definition) is 1. The molecule has 1 aromatic rings. The van der Waals surface area contributed by atoms with E-state index in [-0.39, 0.29) is 0 Å². The van der Waals surface area contributed by atoms with Gasteiger partial charge in [0.1, 0.15) is 0 Å². The van der Waals surface area contributed by atoms with E-state index in [1.165, 1.54) is 49.9 Å². The van der Waals surface area contributed by atoms with Crippen LogP contribution in [0.1, 0.15) is 55.4 Å². The lowest BCUT2D eigenvalue weighted by molar-refractivity contribution is 1.07. The molecule has 0 N–H and O–H groups in total. The lowest BCUT2D eigenvalue weighted by atomic mass is 10.1. The van der Waals surface area contributed by atoms with Gasteiger partial charge in [0.05, 0.1) is 0 Å². The van der Waals surface area contributed by atoms with E-state index in [2.05, 4.69) is 85.7 Å². The molecule has 1 aromatic carbocycles. The molecule has 0 saturated carbocycles.